The fourth-order valence-corrected chi connectivity index (χ4v) is 1.94. The molecule has 0 radical (unpaired) electrons. The molecule has 0 saturated carbocycles. The fraction of sp³-hybridized carbons (Fsp3) is 0.429. The fourth-order valence-electron chi connectivity index (χ4n) is 1.94. The quantitative estimate of drug-likeness (QED) is 0.854. The third-order valence-electron chi connectivity index (χ3n) is 3.37. The Morgan fingerprint density at radius 1 is 1.33 bits per heavy atom. The van der Waals surface area contributed by atoms with Crippen molar-refractivity contribution < 1.29 is 19.1 Å². The molecule has 21 heavy (non-hydrogen) atoms. The van der Waals surface area contributed by atoms with Crippen LogP contribution in [0.4, 0.5) is 4.79 Å². The average Bonchev–Trinajstić information content (AvgIpc) is 2.93. The molecule has 1 aliphatic heterocycles. The molecule has 1 aromatic carbocycles. The van der Waals surface area contributed by atoms with Crippen LogP contribution in [0.2, 0.25) is 0 Å². The summed E-state index contributed by atoms with van der Waals surface area (Å²) in [7, 11) is 3.28. The number of hydrogen-bond donors (Lipinski definition) is 2. The number of carbonyl (C=O) groups excluding carboxylic acids is 2. The molecule has 2 N–H and O–H groups in total. The molecule has 0 aromatic heterocycles. The van der Waals surface area contributed by atoms with Crippen LogP contribution in [0.1, 0.15) is 12.5 Å². The lowest BCUT2D eigenvalue weighted by Crippen LogP contribution is -2.47. The van der Waals surface area contributed by atoms with Crippen molar-refractivity contribution in [3.05, 3.63) is 23.8 Å². The van der Waals surface area contributed by atoms with E-state index in [2.05, 4.69) is 10.6 Å². The molecule has 114 valence electrons. The third-order valence-corrected chi connectivity index (χ3v) is 3.37. The highest BCUT2D eigenvalue weighted by atomic mass is 16.7. The van der Waals surface area contributed by atoms with Gasteiger partial charge in [-0.25, -0.2) is 4.79 Å². The molecule has 7 nitrogen and oxygen atoms in total. The van der Waals surface area contributed by atoms with Crippen LogP contribution >= 0.6 is 0 Å². The van der Waals surface area contributed by atoms with Crippen LogP contribution in [0.3, 0.4) is 0 Å². The Balaban J connectivity index is 1.95. The Morgan fingerprint density at radius 2 is 2.05 bits per heavy atom. The van der Waals surface area contributed by atoms with Crippen LogP contribution in [0.25, 0.3) is 0 Å². The Morgan fingerprint density at radius 3 is 2.76 bits per heavy atom. The van der Waals surface area contributed by atoms with Gasteiger partial charge in [-0.2, -0.15) is 0 Å². The Bertz CT molecular complexity index is 547. The highest BCUT2D eigenvalue weighted by molar-refractivity contribution is 5.96. The molecule has 0 bridgehead atoms. The summed E-state index contributed by atoms with van der Waals surface area (Å²) >= 11 is 0. The zero-order valence-electron chi connectivity index (χ0n) is 12.3. The number of nitrogens with one attached hydrogen (secondary N) is 2. The maximum atomic E-state index is 11.9. The van der Waals surface area contributed by atoms with E-state index in [4.69, 9.17) is 9.47 Å². The summed E-state index contributed by atoms with van der Waals surface area (Å²) in [5, 5.41) is 4.61. The number of imide groups is 1. The lowest BCUT2D eigenvalue weighted by Gasteiger charge is -2.23. The van der Waals surface area contributed by atoms with Gasteiger partial charge >= 0.3 is 6.03 Å². The Kier molecular flexibility index (Phi) is 4.64. The number of carbonyl (C=O) groups is 2. The minimum Gasteiger partial charge on any atom is -0.454 e. The van der Waals surface area contributed by atoms with Crippen LogP contribution in [-0.4, -0.2) is 43.8 Å². The van der Waals surface area contributed by atoms with E-state index in [0.717, 1.165) is 11.3 Å². The first-order valence-electron chi connectivity index (χ1n) is 6.62. The number of hydrogen-bond acceptors (Lipinski definition) is 5. The van der Waals surface area contributed by atoms with Crippen molar-refractivity contribution in [2.45, 2.75) is 19.5 Å². The van der Waals surface area contributed by atoms with E-state index >= 15 is 0 Å². The normalized spacial score (nSPS) is 13.9. The second-order valence-electron chi connectivity index (χ2n) is 4.85. The molecule has 1 atom stereocenters. The zero-order chi connectivity index (χ0) is 15.4. The van der Waals surface area contributed by atoms with Gasteiger partial charge in [-0.3, -0.25) is 15.0 Å². The van der Waals surface area contributed by atoms with Crippen LogP contribution in [0.15, 0.2) is 18.2 Å². The first kappa shape index (κ1) is 15.1. The second-order valence-corrected chi connectivity index (χ2v) is 4.85. The van der Waals surface area contributed by atoms with Gasteiger partial charge in [0.2, 0.25) is 12.7 Å². The maximum absolute atomic E-state index is 11.9. The molecular formula is C14H19N3O4. The summed E-state index contributed by atoms with van der Waals surface area (Å²) in [4.78, 5) is 24.9. The molecular weight excluding hydrogens is 274 g/mol. The topological polar surface area (TPSA) is 79.9 Å². The number of urea groups is 1. The molecule has 0 saturated heterocycles. The molecule has 1 heterocycles. The summed E-state index contributed by atoms with van der Waals surface area (Å²) in [5.74, 6) is 1.09. The van der Waals surface area contributed by atoms with E-state index in [0.29, 0.717) is 12.3 Å². The molecule has 0 spiro atoms. The monoisotopic (exact) mass is 293 g/mol. The summed E-state index contributed by atoms with van der Waals surface area (Å²) in [6, 6.07) is 4.71. The van der Waals surface area contributed by atoms with Gasteiger partial charge in [0, 0.05) is 13.6 Å². The summed E-state index contributed by atoms with van der Waals surface area (Å²) in [5.41, 5.74) is 1.00. The van der Waals surface area contributed by atoms with E-state index in [1.807, 2.05) is 30.1 Å². The lowest BCUT2D eigenvalue weighted by atomic mass is 10.1. The maximum Gasteiger partial charge on any atom is 0.321 e. The predicted octanol–water partition coefficient (Wildman–Crippen LogP) is 0.691. The number of ether oxygens (including phenoxy) is 2. The minimum atomic E-state index is -0.511. The molecule has 3 amide bonds. The smallest absolute Gasteiger partial charge is 0.321 e. The van der Waals surface area contributed by atoms with Crippen molar-refractivity contribution in [3.63, 3.8) is 0 Å². The first-order chi connectivity index (χ1) is 10.0. The van der Waals surface area contributed by atoms with Crippen molar-refractivity contribution in [1.82, 2.24) is 15.5 Å². The van der Waals surface area contributed by atoms with E-state index in [9.17, 15) is 9.59 Å². The molecule has 1 aliphatic rings. The highest BCUT2D eigenvalue weighted by Crippen LogP contribution is 2.32. The van der Waals surface area contributed by atoms with Gasteiger partial charge in [0.15, 0.2) is 11.5 Å². The molecule has 0 fully saturated rings. The number of likely N-dealkylation sites (N-methyl/N-ethyl adjacent to an activating group) is 1. The SMILES string of the molecule is CNC(=O)NC(=O)[C@H](C)N(C)Cc1ccc2c(c1)OCO2. The van der Waals surface area contributed by atoms with Gasteiger partial charge < -0.3 is 14.8 Å². The third kappa shape index (κ3) is 3.63. The molecule has 2 rings (SSSR count). The van der Waals surface area contributed by atoms with Crippen molar-refractivity contribution in [2.75, 3.05) is 20.9 Å². The molecule has 7 heteroatoms. The van der Waals surface area contributed by atoms with Gasteiger partial charge in [0.1, 0.15) is 0 Å². The van der Waals surface area contributed by atoms with Gasteiger partial charge in [0.25, 0.3) is 0 Å². The Hall–Kier alpha value is -2.28. The van der Waals surface area contributed by atoms with E-state index in [-0.39, 0.29) is 12.7 Å². The van der Waals surface area contributed by atoms with Gasteiger partial charge in [-0.1, -0.05) is 6.07 Å². The second kappa shape index (κ2) is 6.45. The molecule has 0 aliphatic carbocycles. The number of nitrogens with zero attached hydrogens (tertiary/aromatic N) is 1. The Labute approximate surface area is 123 Å². The van der Waals surface area contributed by atoms with E-state index in [1.54, 1.807) is 6.92 Å². The number of fused-ring (bicyclic) bond motifs is 1. The first-order valence-corrected chi connectivity index (χ1v) is 6.62. The summed E-state index contributed by atoms with van der Waals surface area (Å²) < 4.78 is 10.6. The number of amides is 3. The van der Waals surface area contributed by atoms with Crippen molar-refractivity contribution in [1.29, 1.82) is 0 Å². The zero-order valence-corrected chi connectivity index (χ0v) is 12.3. The molecule has 1 aromatic rings. The number of benzene rings is 1. The van der Waals surface area contributed by atoms with Crippen molar-refractivity contribution >= 4 is 11.9 Å². The standard InChI is InChI=1S/C14H19N3O4/c1-9(13(18)16-14(19)15-2)17(3)7-10-4-5-11-12(6-10)21-8-20-11/h4-6,9H,7-8H2,1-3H3,(H2,15,16,18,19)/t9-/m0/s1. The van der Waals surface area contributed by atoms with E-state index < -0.39 is 12.1 Å². The van der Waals surface area contributed by atoms with Crippen LogP contribution in [-0.2, 0) is 11.3 Å². The summed E-state index contributed by atoms with van der Waals surface area (Å²) in [6.07, 6.45) is 0. The average molecular weight is 293 g/mol. The van der Waals surface area contributed by atoms with Crippen LogP contribution in [0, 0.1) is 0 Å². The van der Waals surface area contributed by atoms with Crippen molar-refractivity contribution in [2.24, 2.45) is 0 Å². The highest BCUT2D eigenvalue weighted by Gasteiger charge is 2.21. The lowest BCUT2D eigenvalue weighted by molar-refractivity contribution is -0.124. The van der Waals surface area contributed by atoms with Crippen molar-refractivity contribution in [3.8, 4) is 11.5 Å². The van der Waals surface area contributed by atoms with Gasteiger partial charge in [-0.05, 0) is 31.7 Å². The van der Waals surface area contributed by atoms with Crippen LogP contribution < -0.4 is 20.1 Å². The predicted molar refractivity (Wildman–Crippen MR) is 76.1 cm³/mol. The van der Waals surface area contributed by atoms with E-state index in [1.165, 1.54) is 7.05 Å². The molecule has 0 unspecified atom stereocenters. The number of rotatable bonds is 4. The summed E-state index contributed by atoms with van der Waals surface area (Å²) in [6.45, 7) is 2.53. The largest absolute Gasteiger partial charge is 0.454 e. The van der Waals surface area contributed by atoms with Crippen LogP contribution in [0.5, 0.6) is 11.5 Å². The van der Waals surface area contributed by atoms with Gasteiger partial charge in [0.05, 0.1) is 6.04 Å². The minimum absolute atomic E-state index is 0.236. The van der Waals surface area contributed by atoms with Gasteiger partial charge in [-0.15, -0.1) is 0 Å².